The summed E-state index contributed by atoms with van der Waals surface area (Å²) >= 11 is 1.75. The number of nitrogens with one attached hydrogen (secondary N) is 1. The summed E-state index contributed by atoms with van der Waals surface area (Å²) in [5.41, 5.74) is 3.08. The largest absolute Gasteiger partial charge is 0.497 e. The van der Waals surface area contributed by atoms with E-state index in [9.17, 15) is 0 Å². The monoisotopic (exact) mass is 336 g/mol. The van der Waals surface area contributed by atoms with E-state index in [1.54, 1.807) is 31.4 Å². The van der Waals surface area contributed by atoms with E-state index < -0.39 is 0 Å². The Morgan fingerprint density at radius 3 is 2.79 bits per heavy atom. The van der Waals surface area contributed by atoms with E-state index in [0.717, 1.165) is 34.0 Å². The summed E-state index contributed by atoms with van der Waals surface area (Å²) in [6.45, 7) is 0. The van der Waals surface area contributed by atoms with Crippen LogP contribution in [-0.4, -0.2) is 26.6 Å². The van der Waals surface area contributed by atoms with Crippen molar-refractivity contribution in [2.45, 2.75) is 10.6 Å². The van der Waals surface area contributed by atoms with E-state index in [4.69, 9.17) is 4.74 Å². The van der Waals surface area contributed by atoms with E-state index >= 15 is 0 Å². The van der Waals surface area contributed by atoms with Gasteiger partial charge in [0.1, 0.15) is 11.6 Å². The molecule has 24 heavy (non-hydrogen) atoms. The molecule has 0 spiro atoms. The zero-order valence-corrected chi connectivity index (χ0v) is 14.0. The fraction of sp³-hybridized carbons (Fsp3) is 0.111. The van der Waals surface area contributed by atoms with E-state index in [2.05, 4.69) is 33.2 Å². The molecule has 4 rings (SSSR count). The van der Waals surface area contributed by atoms with Crippen LogP contribution in [0.1, 0.15) is 5.82 Å². The Bertz CT molecular complexity index is 945. The Balaban J connectivity index is 1.52. The first kappa shape index (κ1) is 14.8. The fourth-order valence-electron chi connectivity index (χ4n) is 2.51. The molecular weight excluding hydrogens is 320 g/mol. The summed E-state index contributed by atoms with van der Waals surface area (Å²) in [6, 6.07) is 14.2. The summed E-state index contributed by atoms with van der Waals surface area (Å²) in [5.74, 6) is 2.63. The van der Waals surface area contributed by atoms with Gasteiger partial charge in [-0.1, -0.05) is 0 Å². The van der Waals surface area contributed by atoms with Gasteiger partial charge < -0.3 is 14.3 Å². The van der Waals surface area contributed by atoms with Crippen LogP contribution in [0, 0.1) is 0 Å². The SMILES string of the molecule is COc1ccc(SCc2nc3ccc(-n4ccnc4)cc3[nH]2)cc1. The van der Waals surface area contributed by atoms with Gasteiger partial charge >= 0.3 is 0 Å². The number of rotatable bonds is 5. The predicted molar refractivity (Wildman–Crippen MR) is 95.8 cm³/mol. The molecule has 2 aromatic carbocycles. The van der Waals surface area contributed by atoms with Crippen LogP contribution < -0.4 is 4.74 Å². The number of ether oxygens (including phenoxy) is 1. The molecule has 0 aliphatic carbocycles. The lowest BCUT2D eigenvalue weighted by Crippen LogP contribution is -1.88. The highest BCUT2D eigenvalue weighted by Crippen LogP contribution is 2.25. The third-order valence-corrected chi connectivity index (χ3v) is 4.78. The third kappa shape index (κ3) is 3.00. The number of H-pyrrole nitrogens is 1. The first-order chi connectivity index (χ1) is 11.8. The summed E-state index contributed by atoms with van der Waals surface area (Å²) in [6.07, 6.45) is 5.49. The molecule has 0 saturated heterocycles. The topological polar surface area (TPSA) is 55.7 Å². The molecule has 0 aliphatic heterocycles. The second-order valence-corrected chi connectivity index (χ2v) is 6.37. The number of imidazole rings is 2. The van der Waals surface area contributed by atoms with Gasteiger partial charge in [-0.2, -0.15) is 0 Å². The zero-order valence-electron chi connectivity index (χ0n) is 13.1. The summed E-state index contributed by atoms with van der Waals surface area (Å²) in [7, 11) is 1.68. The van der Waals surface area contributed by atoms with Crippen molar-refractivity contribution in [1.82, 2.24) is 19.5 Å². The molecule has 120 valence electrons. The zero-order chi connectivity index (χ0) is 16.4. The lowest BCUT2D eigenvalue weighted by atomic mass is 10.3. The summed E-state index contributed by atoms with van der Waals surface area (Å²) in [4.78, 5) is 13.3. The van der Waals surface area contributed by atoms with Crippen molar-refractivity contribution in [2.75, 3.05) is 7.11 Å². The average molecular weight is 336 g/mol. The van der Waals surface area contributed by atoms with Crippen molar-refractivity contribution in [3.8, 4) is 11.4 Å². The predicted octanol–water partition coefficient (Wildman–Crippen LogP) is 4.05. The minimum absolute atomic E-state index is 0.793. The van der Waals surface area contributed by atoms with Crippen molar-refractivity contribution in [2.24, 2.45) is 0 Å². The van der Waals surface area contributed by atoms with Gasteiger partial charge in [-0.15, -0.1) is 11.8 Å². The molecule has 0 radical (unpaired) electrons. The van der Waals surface area contributed by atoms with Gasteiger partial charge in [-0.3, -0.25) is 0 Å². The van der Waals surface area contributed by atoms with Crippen LogP contribution in [0.2, 0.25) is 0 Å². The lowest BCUT2D eigenvalue weighted by Gasteiger charge is -2.02. The van der Waals surface area contributed by atoms with Crippen molar-refractivity contribution >= 4 is 22.8 Å². The molecule has 1 N–H and O–H groups in total. The number of aromatic amines is 1. The molecule has 0 aliphatic rings. The quantitative estimate of drug-likeness (QED) is 0.559. The molecule has 2 aromatic heterocycles. The average Bonchev–Trinajstić information content (AvgIpc) is 3.29. The molecule has 0 saturated carbocycles. The Morgan fingerprint density at radius 1 is 1.17 bits per heavy atom. The number of hydrogen-bond donors (Lipinski definition) is 1. The van der Waals surface area contributed by atoms with E-state index in [-0.39, 0.29) is 0 Å². The van der Waals surface area contributed by atoms with Gasteiger partial charge in [0.15, 0.2) is 0 Å². The summed E-state index contributed by atoms with van der Waals surface area (Å²) in [5, 5.41) is 0. The molecule has 0 amide bonds. The Hall–Kier alpha value is -2.73. The highest BCUT2D eigenvalue weighted by atomic mass is 32.2. The number of aromatic nitrogens is 4. The number of methoxy groups -OCH3 is 1. The van der Waals surface area contributed by atoms with E-state index in [0.29, 0.717) is 0 Å². The number of thioether (sulfide) groups is 1. The van der Waals surface area contributed by atoms with E-state index in [1.807, 2.05) is 35.0 Å². The van der Waals surface area contributed by atoms with Crippen LogP contribution in [0.25, 0.3) is 16.7 Å². The highest BCUT2D eigenvalue weighted by molar-refractivity contribution is 7.98. The molecule has 5 nitrogen and oxygen atoms in total. The smallest absolute Gasteiger partial charge is 0.118 e. The van der Waals surface area contributed by atoms with Crippen LogP contribution in [-0.2, 0) is 5.75 Å². The van der Waals surface area contributed by atoms with Crippen LogP contribution >= 0.6 is 11.8 Å². The van der Waals surface area contributed by atoms with Crippen LogP contribution in [0.3, 0.4) is 0 Å². The number of hydrogen-bond acceptors (Lipinski definition) is 4. The van der Waals surface area contributed by atoms with Gasteiger partial charge in [-0.05, 0) is 42.5 Å². The number of benzene rings is 2. The number of nitrogens with zero attached hydrogens (tertiary/aromatic N) is 3. The van der Waals surface area contributed by atoms with Gasteiger partial charge in [-0.25, -0.2) is 9.97 Å². The van der Waals surface area contributed by atoms with Gasteiger partial charge in [0.25, 0.3) is 0 Å². The summed E-state index contributed by atoms with van der Waals surface area (Å²) < 4.78 is 7.16. The Kier molecular flexibility index (Phi) is 3.96. The molecule has 0 atom stereocenters. The minimum Gasteiger partial charge on any atom is -0.497 e. The molecule has 6 heteroatoms. The molecule has 0 fully saturated rings. The van der Waals surface area contributed by atoms with Gasteiger partial charge in [0.05, 0.1) is 30.2 Å². The molecule has 0 bridgehead atoms. The maximum atomic E-state index is 5.18. The third-order valence-electron chi connectivity index (χ3n) is 3.75. The van der Waals surface area contributed by atoms with Crippen molar-refractivity contribution in [3.05, 3.63) is 67.0 Å². The normalized spacial score (nSPS) is 11.0. The molecule has 4 aromatic rings. The second kappa shape index (κ2) is 6.41. The standard InChI is InChI=1S/C18H16N4OS/c1-23-14-3-5-15(6-4-14)24-11-18-20-16-7-2-13(10-17(16)21-18)22-9-8-19-12-22/h2-10,12H,11H2,1H3,(H,20,21). The highest BCUT2D eigenvalue weighted by Gasteiger charge is 2.06. The van der Waals surface area contributed by atoms with Gasteiger partial charge in [0.2, 0.25) is 0 Å². The molecule has 2 heterocycles. The van der Waals surface area contributed by atoms with Crippen molar-refractivity contribution in [1.29, 1.82) is 0 Å². The minimum atomic E-state index is 0.793. The van der Waals surface area contributed by atoms with Crippen LogP contribution in [0.4, 0.5) is 0 Å². The fourth-order valence-corrected chi connectivity index (χ4v) is 3.28. The van der Waals surface area contributed by atoms with Gasteiger partial charge in [0, 0.05) is 23.0 Å². The number of fused-ring (bicyclic) bond motifs is 1. The van der Waals surface area contributed by atoms with E-state index in [1.165, 1.54) is 4.90 Å². The lowest BCUT2D eigenvalue weighted by molar-refractivity contribution is 0.414. The maximum absolute atomic E-state index is 5.18. The van der Waals surface area contributed by atoms with Crippen LogP contribution in [0.15, 0.2) is 66.1 Å². The Labute approximate surface area is 143 Å². The van der Waals surface area contributed by atoms with Crippen molar-refractivity contribution in [3.63, 3.8) is 0 Å². The first-order valence-electron chi connectivity index (χ1n) is 7.56. The molecular formula is C18H16N4OS. The first-order valence-corrected chi connectivity index (χ1v) is 8.54. The van der Waals surface area contributed by atoms with Crippen molar-refractivity contribution < 1.29 is 4.74 Å². The maximum Gasteiger partial charge on any atom is 0.118 e. The second-order valence-electron chi connectivity index (χ2n) is 5.32. The molecule has 0 unspecified atom stereocenters. The van der Waals surface area contributed by atoms with Crippen LogP contribution in [0.5, 0.6) is 5.75 Å². The Morgan fingerprint density at radius 2 is 2.04 bits per heavy atom.